The van der Waals surface area contributed by atoms with Crippen LogP contribution in [0.25, 0.3) is 0 Å². The summed E-state index contributed by atoms with van der Waals surface area (Å²) in [4.78, 5) is 18.7. The molecule has 0 saturated heterocycles. The number of rotatable bonds is 4. The van der Waals surface area contributed by atoms with E-state index in [0.717, 1.165) is 0 Å². The quantitative estimate of drug-likeness (QED) is 0.418. The van der Waals surface area contributed by atoms with Crippen LogP contribution in [0.15, 0.2) is 0 Å². The number of hydrogen-bond acceptors (Lipinski definition) is 3. The molecular formula is C4H5NO2W2-2. The van der Waals surface area contributed by atoms with Gasteiger partial charge in [-0.1, -0.05) is 0 Å². The Kier molecular flexibility index (Phi) is 28.8. The van der Waals surface area contributed by atoms with E-state index in [2.05, 4.69) is 5.32 Å². The second-order valence-corrected chi connectivity index (χ2v) is 0.892. The molecule has 0 aromatic heterocycles. The smallest absolute Gasteiger partial charge is 0 e. The van der Waals surface area contributed by atoms with E-state index in [1.54, 1.807) is 12.6 Å². The van der Waals surface area contributed by atoms with E-state index >= 15 is 0 Å². The summed E-state index contributed by atoms with van der Waals surface area (Å²) in [5, 5.41) is 2.44. The van der Waals surface area contributed by atoms with Crippen LogP contribution in [0.5, 0.6) is 0 Å². The van der Waals surface area contributed by atoms with Gasteiger partial charge in [0.05, 0.1) is 0 Å². The first-order chi connectivity index (χ1) is 3.41. The molecule has 0 spiro atoms. The predicted molar refractivity (Wildman–Crippen MR) is 24.3 cm³/mol. The minimum Gasteiger partial charge on any atom is -0.541 e. The average molecular weight is 467 g/mol. The molecule has 0 aliphatic heterocycles. The van der Waals surface area contributed by atoms with Crippen LogP contribution in [0.4, 0.5) is 0 Å². The Labute approximate surface area is 82.5 Å². The summed E-state index contributed by atoms with van der Waals surface area (Å²) in [6.45, 7) is 0.213. The molecule has 1 N–H and O–H groups in total. The van der Waals surface area contributed by atoms with E-state index in [-0.39, 0.29) is 55.2 Å². The van der Waals surface area contributed by atoms with E-state index < -0.39 is 0 Å². The monoisotopic (exact) mass is 467 g/mol. The van der Waals surface area contributed by atoms with Crippen molar-refractivity contribution in [1.82, 2.24) is 5.32 Å². The van der Waals surface area contributed by atoms with Crippen molar-refractivity contribution >= 4 is 12.6 Å². The number of nitrogens with one attached hydrogen (secondary N) is 1. The van der Waals surface area contributed by atoms with Crippen molar-refractivity contribution in [3.63, 3.8) is 0 Å². The Morgan fingerprint density at radius 2 is 1.33 bits per heavy atom. The Morgan fingerprint density at radius 3 is 1.56 bits per heavy atom. The molecule has 0 aliphatic rings. The summed E-state index contributed by atoms with van der Waals surface area (Å²) >= 11 is 0. The summed E-state index contributed by atoms with van der Waals surface area (Å²) in [5.74, 6) is 0. The average Bonchev–Trinajstić information content (AvgIpc) is 1.69. The van der Waals surface area contributed by atoms with Crippen molar-refractivity contribution in [2.75, 3.05) is 13.1 Å². The van der Waals surface area contributed by atoms with E-state index in [0.29, 0.717) is 0 Å². The third-order valence-corrected chi connectivity index (χ3v) is 0.394. The third-order valence-electron chi connectivity index (χ3n) is 0.394. The van der Waals surface area contributed by atoms with Crippen molar-refractivity contribution in [2.24, 2.45) is 0 Å². The van der Waals surface area contributed by atoms with Crippen molar-refractivity contribution in [1.29, 1.82) is 0 Å². The van der Waals surface area contributed by atoms with Crippen LogP contribution in [-0.4, -0.2) is 25.7 Å². The van der Waals surface area contributed by atoms with Gasteiger partial charge in [-0.25, -0.2) is 0 Å². The number of carbonyl (C=O) groups excluding carboxylic acids is 2. The zero-order valence-corrected chi connectivity index (χ0v) is 10.4. The molecule has 0 radical (unpaired) electrons. The molecule has 5 heteroatoms. The molecule has 0 bridgehead atoms. The summed E-state index contributed by atoms with van der Waals surface area (Å²) < 4.78 is 0. The molecular weight excluding hydrogens is 462 g/mol. The summed E-state index contributed by atoms with van der Waals surface area (Å²) in [7, 11) is 0. The van der Waals surface area contributed by atoms with Gasteiger partial charge in [-0.3, -0.25) is 12.6 Å². The Bertz CT molecular complexity index is 61.6. The molecule has 0 aromatic carbocycles. The first kappa shape index (κ1) is 16.3. The largest absolute Gasteiger partial charge is 0.541 e. The van der Waals surface area contributed by atoms with Crippen LogP contribution in [0, 0.1) is 0 Å². The molecule has 52 valence electrons. The van der Waals surface area contributed by atoms with Crippen molar-refractivity contribution in [2.45, 2.75) is 0 Å². The maximum absolute atomic E-state index is 9.36. The Morgan fingerprint density at radius 1 is 1.00 bits per heavy atom. The molecule has 3 nitrogen and oxygen atoms in total. The second-order valence-electron chi connectivity index (χ2n) is 0.892. The summed E-state index contributed by atoms with van der Waals surface area (Å²) in [6.07, 6.45) is 3.12. The molecule has 0 saturated carbocycles. The minimum atomic E-state index is 0. The topological polar surface area (TPSA) is 46.2 Å². The molecule has 0 aliphatic carbocycles. The molecule has 0 unspecified atom stereocenters. The van der Waals surface area contributed by atoms with Crippen LogP contribution in [-0.2, 0) is 51.7 Å². The van der Waals surface area contributed by atoms with E-state index in [1.165, 1.54) is 0 Å². The Balaban J connectivity index is -0.000000180. The zero-order chi connectivity index (χ0) is 5.54. The van der Waals surface area contributed by atoms with E-state index in [1.807, 2.05) is 0 Å². The van der Waals surface area contributed by atoms with Gasteiger partial charge < -0.3 is 14.9 Å². The third kappa shape index (κ3) is 17.7. The molecule has 0 heterocycles. The van der Waals surface area contributed by atoms with Crippen LogP contribution >= 0.6 is 0 Å². The first-order valence-electron chi connectivity index (χ1n) is 1.82. The SMILES string of the molecule is O=[C-]CNC[C-]=O.[W].[W]. The van der Waals surface area contributed by atoms with Gasteiger partial charge in [0.25, 0.3) is 0 Å². The fourth-order valence-corrected chi connectivity index (χ4v) is 0.165. The predicted octanol–water partition coefficient (Wildman–Crippen LogP) is -1.21. The van der Waals surface area contributed by atoms with Crippen molar-refractivity contribution in [3.8, 4) is 0 Å². The standard InChI is InChI=1S/C4H5NO2.2W/c6-3-1-5-2-4-7;;/h5H,1-2H2;;/q-2;;. The molecule has 0 atom stereocenters. The van der Waals surface area contributed by atoms with Gasteiger partial charge in [0.1, 0.15) is 0 Å². The zero-order valence-electron chi connectivity index (χ0n) is 4.55. The normalized spacial score (nSPS) is 6.22. The molecule has 0 aromatic rings. The van der Waals surface area contributed by atoms with Gasteiger partial charge in [0.15, 0.2) is 0 Å². The van der Waals surface area contributed by atoms with Gasteiger partial charge in [-0.05, 0) is 0 Å². The molecule has 9 heavy (non-hydrogen) atoms. The van der Waals surface area contributed by atoms with Crippen molar-refractivity contribution < 1.29 is 51.7 Å². The molecule has 0 rings (SSSR count). The Hall–Kier alpha value is 0.677. The van der Waals surface area contributed by atoms with Crippen LogP contribution in [0.2, 0.25) is 0 Å². The fourth-order valence-electron chi connectivity index (χ4n) is 0.165. The maximum Gasteiger partial charge on any atom is 0 e. The molecule has 0 fully saturated rings. The second kappa shape index (κ2) is 15.9. The van der Waals surface area contributed by atoms with Gasteiger partial charge in [0, 0.05) is 42.1 Å². The van der Waals surface area contributed by atoms with E-state index in [4.69, 9.17) is 0 Å². The van der Waals surface area contributed by atoms with Crippen LogP contribution in [0.1, 0.15) is 0 Å². The summed E-state index contributed by atoms with van der Waals surface area (Å²) in [6, 6.07) is 0. The first-order valence-corrected chi connectivity index (χ1v) is 1.82. The number of hydrogen-bond donors (Lipinski definition) is 1. The minimum absolute atomic E-state index is 0. The van der Waals surface area contributed by atoms with E-state index in [9.17, 15) is 9.59 Å². The summed E-state index contributed by atoms with van der Waals surface area (Å²) in [5.41, 5.74) is 0. The van der Waals surface area contributed by atoms with Gasteiger partial charge >= 0.3 is 0 Å². The van der Waals surface area contributed by atoms with Gasteiger partial charge in [-0.15, -0.1) is 13.1 Å². The van der Waals surface area contributed by atoms with Crippen LogP contribution in [0.3, 0.4) is 0 Å². The molecule has 0 amide bonds. The van der Waals surface area contributed by atoms with Crippen LogP contribution < -0.4 is 5.32 Å². The fraction of sp³-hybridized carbons (Fsp3) is 0.500. The van der Waals surface area contributed by atoms with Crippen molar-refractivity contribution in [3.05, 3.63) is 0 Å². The maximum atomic E-state index is 9.36. The van der Waals surface area contributed by atoms with Gasteiger partial charge in [-0.2, -0.15) is 0 Å². The van der Waals surface area contributed by atoms with Gasteiger partial charge in [0.2, 0.25) is 0 Å².